The van der Waals surface area contributed by atoms with Crippen LogP contribution in [0.15, 0.2) is 60.7 Å². The first-order valence-corrected chi connectivity index (χ1v) is 8.73. The molecular formula is C16H10Y. The van der Waals surface area contributed by atoms with E-state index in [4.69, 9.17) is 0 Å². The van der Waals surface area contributed by atoms with Gasteiger partial charge in [-0.2, -0.15) is 0 Å². The molecule has 0 amide bonds. The molecule has 0 atom stereocenters. The molecule has 0 fully saturated rings. The molecule has 0 spiro atoms. The summed E-state index contributed by atoms with van der Waals surface area (Å²) in [5.41, 5.74) is 3.00. The number of benzene rings is 3. The number of rotatable bonds is 0. The predicted octanol–water partition coefficient (Wildman–Crippen LogP) is 2.85. The van der Waals surface area contributed by atoms with E-state index in [-0.39, 0.29) is 0 Å². The maximum absolute atomic E-state index is 2.32. The van der Waals surface area contributed by atoms with Crippen LogP contribution in [-0.2, 0) is 29.2 Å². The molecule has 3 aromatic rings. The first kappa shape index (κ1) is 9.99. The van der Waals surface area contributed by atoms with Crippen LogP contribution in [0.25, 0.3) is 21.9 Å². The fraction of sp³-hybridized carbons (Fsp3) is 0. The van der Waals surface area contributed by atoms with Gasteiger partial charge in [0, 0.05) is 0 Å². The van der Waals surface area contributed by atoms with Crippen LogP contribution in [0, 0.1) is 0 Å². The van der Waals surface area contributed by atoms with E-state index in [1.165, 1.54) is 21.9 Å². The molecule has 0 bridgehead atoms. The monoisotopic (exact) mass is 291 g/mol. The summed E-state index contributed by atoms with van der Waals surface area (Å²) < 4.78 is 3.33. The van der Waals surface area contributed by atoms with Crippen molar-refractivity contribution in [1.29, 1.82) is 0 Å². The third kappa shape index (κ3) is 1.44. The van der Waals surface area contributed by atoms with Crippen molar-refractivity contribution in [2.24, 2.45) is 0 Å². The summed E-state index contributed by atoms with van der Waals surface area (Å²) in [5, 5.41) is 2.88. The number of hydrogen-bond donors (Lipinski definition) is 0. The Kier molecular flexibility index (Phi) is 2.21. The fourth-order valence-corrected chi connectivity index (χ4v) is 7.01. The van der Waals surface area contributed by atoms with Crippen molar-refractivity contribution in [3.63, 3.8) is 0 Å². The van der Waals surface area contributed by atoms with Gasteiger partial charge in [0.2, 0.25) is 0 Å². The second kappa shape index (κ2) is 3.76. The molecule has 77 valence electrons. The van der Waals surface area contributed by atoms with Gasteiger partial charge in [0.15, 0.2) is 0 Å². The van der Waals surface area contributed by atoms with E-state index in [2.05, 4.69) is 60.7 Å². The van der Waals surface area contributed by atoms with Gasteiger partial charge in [-0.25, -0.2) is 0 Å². The summed E-state index contributed by atoms with van der Waals surface area (Å²) in [6, 6.07) is 22.3. The van der Waals surface area contributed by atoms with Crippen LogP contribution < -0.4 is 4.75 Å². The normalized spacial score (nSPS) is 11.5. The van der Waals surface area contributed by atoms with Gasteiger partial charge in [0.1, 0.15) is 0 Å². The topological polar surface area (TPSA) is 0 Å². The van der Waals surface area contributed by atoms with Gasteiger partial charge in [-0.3, -0.25) is 0 Å². The van der Waals surface area contributed by atoms with Crippen LogP contribution >= 0.6 is 0 Å². The minimum atomic E-state index is -0.782. The first-order chi connectivity index (χ1) is 8.43. The Morgan fingerprint density at radius 2 is 1.47 bits per heavy atom. The van der Waals surface area contributed by atoms with Gasteiger partial charge >= 0.3 is 117 Å². The van der Waals surface area contributed by atoms with Crippen molar-refractivity contribution in [2.45, 2.75) is 0 Å². The summed E-state index contributed by atoms with van der Waals surface area (Å²) in [5.74, 6) is 0. The van der Waals surface area contributed by atoms with E-state index in [0.29, 0.717) is 0 Å². The average molecular weight is 291 g/mol. The van der Waals surface area contributed by atoms with Crippen molar-refractivity contribution in [2.75, 3.05) is 0 Å². The SMILES string of the molecule is c1ccc2[c](c1)[Y][c]1c-2ccc2ccccc12. The maximum atomic E-state index is 2.32. The zero-order chi connectivity index (χ0) is 11.2. The van der Waals surface area contributed by atoms with Crippen molar-refractivity contribution in [3.8, 4) is 11.1 Å². The molecule has 1 heteroatoms. The summed E-state index contributed by atoms with van der Waals surface area (Å²) in [6.45, 7) is 0. The van der Waals surface area contributed by atoms with Crippen molar-refractivity contribution in [1.82, 2.24) is 0 Å². The molecule has 0 radical (unpaired) electrons. The van der Waals surface area contributed by atoms with E-state index in [1.54, 1.807) is 4.75 Å². The third-order valence-electron chi connectivity index (χ3n) is 3.52. The Hall–Kier alpha value is -0.976. The van der Waals surface area contributed by atoms with Crippen molar-refractivity contribution < 1.29 is 29.2 Å². The van der Waals surface area contributed by atoms with Crippen molar-refractivity contribution >= 4 is 15.5 Å². The molecule has 17 heavy (non-hydrogen) atoms. The van der Waals surface area contributed by atoms with E-state index in [9.17, 15) is 0 Å². The molecule has 0 saturated heterocycles. The van der Waals surface area contributed by atoms with Gasteiger partial charge < -0.3 is 0 Å². The molecule has 0 saturated carbocycles. The molecule has 3 aromatic carbocycles. The second-order valence-corrected chi connectivity index (χ2v) is 8.14. The fourth-order valence-electron chi connectivity index (χ4n) is 2.71. The van der Waals surface area contributed by atoms with Crippen LogP contribution in [0.4, 0.5) is 0 Å². The summed E-state index contributed by atoms with van der Waals surface area (Å²) >= 11 is -0.782. The Morgan fingerprint density at radius 1 is 0.647 bits per heavy atom. The molecular weight excluding hydrogens is 281 g/mol. The molecule has 1 aliphatic heterocycles. The molecule has 0 nitrogen and oxygen atoms in total. The van der Waals surface area contributed by atoms with E-state index >= 15 is 0 Å². The third-order valence-corrected chi connectivity index (χ3v) is 7.76. The van der Waals surface area contributed by atoms with Crippen molar-refractivity contribution in [3.05, 3.63) is 60.7 Å². The molecule has 4 rings (SSSR count). The zero-order valence-corrected chi connectivity index (χ0v) is 12.2. The quantitative estimate of drug-likeness (QED) is 0.467. The summed E-state index contributed by atoms with van der Waals surface area (Å²) in [4.78, 5) is 0. The molecule has 1 heterocycles. The molecule has 0 N–H and O–H groups in total. The molecule has 0 aromatic heterocycles. The van der Waals surface area contributed by atoms with Gasteiger partial charge in [0.05, 0.1) is 0 Å². The predicted molar refractivity (Wildman–Crippen MR) is 68.7 cm³/mol. The molecule has 0 unspecified atom stereocenters. The first-order valence-electron chi connectivity index (χ1n) is 5.89. The van der Waals surface area contributed by atoms with Crippen LogP contribution in [-0.4, -0.2) is 0 Å². The Bertz CT molecular complexity index is 728. The Balaban J connectivity index is 2.11. The van der Waals surface area contributed by atoms with Gasteiger partial charge in [-0.05, 0) is 0 Å². The van der Waals surface area contributed by atoms with Gasteiger partial charge in [-0.1, -0.05) is 0 Å². The van der Waals surface area contributed by atoms with Crippen LogP contribution in [0.1, 0.15) is 0 Å². The number of fused-ring (bicyclic) bond motifs is 5. The molecule has 1 aliphatic rings. The van der Waals surface area contributed by atoms with E-state index in [1.807, 2.05) is 0 Å². The van der Waals surface area contributed by atoms with Gasteiger partial charge in [0.25, 0.3) is 0 Å². The zero-order valence-electron chi connectivity index (χ0n) is 9.35. The van der Waals surface area contributed by atoms with Gasteiger partial charge in [-0.15, -0.1) is 0 Å². The van der Waals surface area contributed by atoms with E-state index in [0.717, 1.165) is 0 Å². The minimum absolute atomic E-state index is 0.782. The summed E-state index contributed by atoms with van der Waals surface area (Å²) in [6.07, 6.45) is 0. The van der Waals surface area contributed by atoms with Crippen LogP contribution in [0.5, 0.6) is 0 Å². The summed E-state index contributed by atoms with van der Waals surface area (Å²) in [7, 11) is 0. The second-order valence-electron chi connectivity index (χ2n) is 4.48. The Morgan fingerprint density at radius 3 is 2.47 bits per heavy atom. The number of hydrogen-bond acceptors (Lipinski definition) is 0. The van der Waals surface area contributed by atoms with E-state index < -0.39 is 29.2 Å². The average Bonchev–Trinajstić information content (AvgIpc) is 2.78. The Labute approximate surface area is 116 Å². The molecule has 0 aliphatic carbocycles. The standard InChI is InChI=1S/C16H10.Y/c1-2-6-13(7-3-1)16-11-10-14-8-4-5-9-15(14)12-16;/h1-6,8-11H;. The van der Waals surface area contributed by atoms with Crippen LogP contribution in [0.3, 0.4) is 0 Å². The van der Waals surface area contributed by atoms with Crippen LogP contribution in [0.2, 0.25) is 0 Å².